The molecule has 0 fully saturated rings. The van der Waals surface area contributed by atoms with Gasteiger partial charge in [0.15, 0.2) is 0 Å². The lowest BCUT2D eigenvalue weighted by molar-refractivity contribution is 0.0974. The quantitative estimate of drug-likeness (QED) is 0.664. The van der Waals surface area contributed by atoms with Gasteiger partial charge in [0.1, 0.15) is 18.2 Å². The molecule has 1 rings (SSSR count). The largest absolute Gasteiger partial charge is 0.491 e. The number of hydrogen-bond donors (Lipinski definition) is 1. The predicted molar refractivity (Wildman–Crippen MR) is 79.7 cm³/mol. The molecule has 1 unspecified atom stereocenters. The fraction of sp³-hybridized carbons (Fsp3) is 0.625. The van der Waals surface area contributed by atoms with E-state index in [0.717, 1.165) is 26.0 Å². The molecular weight excluding hydrogens is 257 g/mol. The number of nitrogens with one attached hydrogen (secondary N) is 1. The molecule has 20 heavy (non-hydrogen) atoms. The first-order valence-corrected chi connectivity index (χ1v) is 7.43. The molecular formula is C16H26FNO2. The Morgan fingerprint density at radius 1 is 1.20 bits per heavy atom. The SMILES string of the molecule is CCCCOCCOc1cccc(F)c1C(C)NCC. The van der Waals surface area contributed by atoms with Crippen LogP contribution in [0.2, 0.25) is 0 Å². The topological polar surface area (TPSA) is 30.5 Å². The Hall–Kier alpha value is -1.13. The van der Waals surface area contributed by atoms with Crippen LogP contribution in [0.5, 0.6) is 5.75 Å². The van der Waals surface area contributed by atoms with Gasteiger partial charge >= 0.3 is 0 Å². The van der Waals surface area contributed by atoms with Crippen LogP contribution < -0.4 is 10.1 Å². The van der Waals surface area contributed by atoms with Gasteiger partial charge in [0, 0.05) is 18.2 Å². The summed E-state index contributed by atoms with van der Waals surface area (Å²) in [5, 5.41) is 3.21. The first kappa shape index (κ1) is 16.9. The number of benzene rings is 1. The number of hydrogen-bond acceptors (Lipinski definition) is 3. The van der Waals surface area contributed by atoms with Gasteiger partial charge in [-0.1, -0.05) is 26.3 Å². The summed E-state index contributed by atoms with van der Waals surface area (Å²) in [6, 6.07) is 4.87. The second kappa shape index (κ2) is 9.72. The second-order valence-corrected chi connectivity index (χ2v) is 4.75. The Bertz CT molecular complexity index is 385. The molecule has 0 aromatic heterocycles. The summed E-state index contributed by atoms with van der Waals surface area (Å²) in [5.74, 6) is 0.361. The molecule has 1 aromatic carbocycles. The first-order valence-electron chi connectivity index (χ1n) is 7.43. The maximum absolute atomic E-state index is 13.9. The molecule has 0 aliphatic rings. The van der Waals surface area contributed by atoms with E-state index in [2.05, 4.69) is 12.2 Å². The molecule has 0 heterocycles. The van der Waals surface area contributed by atoms with E-state index in [1.807, 2.05) is 13.8 Å². The summed E-state index contributed by atoms with van der Waals surface area (Å²) in [6.07, 6.45) is 2.18. The van der Waals surface area contributed by atoms with Crippen LogP contribution in [0.25, 0.3) is 0 Å². The van der Waals surface area contributed by atoms with Crippen LogP contribution in [0.3, 0.4) is 0 Å². The monoisotopic (exact) mass is 283 g/mol. The molecule has 0 saturated heterocycles. The van der Waals surface area contributed by atoms with Crippen molar-refractivity contribution in [1.82, 2.24) is 5.32 Å². The Labute approximate surface area is 121 Å². The van der Waals surface area contributed by atoms with E-state index < -0.39 is 0 Å². The van der Waals surface area contributed by atoms with Gasteiger partial charge in [-0.05, 0) is 32.0 Å². The molecule has 4 heteroatoms. The van der Waals surface area contributed by atoms with Gasteiger partial charge in [-0.2, -0.15) is 0 Å². The van der Waals surface area contributed by atoms with Crippen molar-refractivity contribution in [1.29, 1.82) is 0 Å². The molecule has 1 atom stereocenters. The zero-order valence-electron chi connectivity index (χ0n) is 12.7. The minimum atomic E-state index is -0.233. The zero-order valence-corrected chi connectivity index (χ0v) is 12.7. The smallest absolute Gasteiger partial charge is 0.131 e. The number of halogens is 1. The molecule has 0 aliphatic carbocycles. The first-order chi connectivity index (χ1) is 9.70. The predicted octanol–water partition coefficient (Wildman–Crippen LogP) is 3.69. The van der Waals surface area contributed by atoms with Crippen LogP contribution in [0.4, 0.5) is 4.39 Å². The maximum atomic E-state index is 13.9. The summed E-state index contributed by atoms with van der Waals surface area (Å²) in [4.78, 5) is 0. The lowest BCUT2D eigenvalue weighted by Crippen LogP contribution is -2.20. The van der Waals surface area contributed by atoms with Gasteiger partial charge in [-0.25, -0.2) is 4.39 Å². The minimum Gasteiger partial charge on any atom is -0.491 e. The molecule has 0 aliphatic heterocycles. The fourth-order valence-corrected chi connectivity index (χ4v) is 2.03. The van der Waals surface area contributed by atoms with E-state index >= 15 is 0 Å². The highest BCUT2D eigenvalue weighted by atomic mass is 19.1. The highest BCUT2D eigenvalue weighted by Gasteiger charge is 2.15. The van der Waals surface area contributed by atoms with Crippen molar-refractivity contribution in [3.63, 3.8) is 0 Å². The van der Waals surface area contributed by atoms with Crippen molar-refractivity contribution >= 4 is 0 Å². The van der Waals surface area contributed by atoms with Gasteiger partial charge in [0.25, 0.3) is 0 Å². The van der Waals surface area contributed by atoms with E-state index in [1.165, 1.54) is 6.07 Å². The standard InChI is InChI=1S/C16H26FNO2/c1-4-6-10-19-11-12-20-15-9-7-8-14(17)16(15)13(3)18-5-2/h7-9,13,18H,4-6,10-12H2,1-3H3. The van der Waals surface area contributed by atoms with E-state index in [1.54, 1.807) is 12.1 Å². The van der Waals surface area contributed by atoms with Crippen molar-refractivity contribution < 1.29 is 13.9 Å². The molecule has 0 radical (unpaired) electrons. The Kier molecular flexibility index (Phi) is 8.23. The van der Waals surface area contributed by atoms with Crippen LogP contribution in [-0.4, -0.2) is 26.4 Å². The van der Waals surface area contributed by atoms with Crippen LogP contribution in [0.1, 0.15) is 45.2 Å². The Morgan fingerprint density at radius 3 is 2.70 bits per heavy atom. The van der Waals surface area contributed by atoms with Gasteiger partial charge in [0.05, 0.1) is 6.61 Å². The number of ether oxygens (including phenoxy) is 2. The summed E-state index contributed by atoms with van der Waals surface area (Å²) in [6.45, 7) is 8.58. The van der Waals surface area contributed by atoms with E-state index in [4.69, 9.17) is 9.47 Å². The molecule has 3 nitrogen and oxygen atoms in total. The highest BCUT2D eigenvalue weighted by Crippen LogP contribution is 2.27. The lowest BCUT2D eigenvalue weighted by atomic mass is 10.1. The minimum absolute atomic E-state index is 0.0720. The zero-order chi connectivity index (χ0) is 14.8. The third kappa shape index (κ3) is 5.47. The third-order valence-electron chi connectivity index (χ3n) is 3.08. The summed E-state index contributed by atoms with van der Waals surface area (Å²) >= 11 is 0. The van der Waals surface area contributed by atoms with Gasteiger partial charge in [-0.15, -0.1) is 0 Å². The van der Waals surface area contributed by atoms with Crippen LogP contribution in [0.15, 0.2) is 18.2 Å². The van der Waals surface area contributed by atoms with Crippen molar-refractivity contribution in [2.24, 2.45) is 0 Å². The van der Waals surface area contributed by atoms with Gasteiger partial charge < -0.3 is 14.8 Å². The molecule has 0 amide bonds. The molecule has 0 saturated carbocycles. The van der Waals surface area contributed by atoms with Crippen molar-refractivity contribution in [3.05, 3.63) is 29.6 Å². The average molecular weight is 283 g/mol. The average Bonchev–Trinajstić information content (AvgIpc) is 2.43. The highest BCUT2D eigenvalue weighted by molar-refractivity contribution is 5.37. The normalized spacial score (nSPS) is 12.4. The van der Waals surface area contributed by atoms with Crippen LogP contribution in [0, 0.1) is 5.82 Å². The summed E-state index contributed by atoms with van der Waals surface area (Å²) < 4.78 is 25.0. The second-order valence-electron chi connectivity index (χ2n) is 4.75. The van der Waals surface area contributed by atoms with E-state index in [9.17, 15) is 4.39 Å². The van der Waals surface area contributed by atoms with Crippen molar-refractivity contribution in [2.45, 2.75) is 39.7 Å². The maximum Gasteiger partial charge on any atom is 0.131 e. The summed E-state index contributed by atoms with van der Waals surface area (Å²) in [7, 11) is 0. The van der Waals surface area contributed by atoms with Crippen LogP contribution >= 0.6 is 0 Å². The molecule has 1 N–H and O–H groups in total. The van der Waals surface area contributed by atoms with E-state index in [0.29, 0.717) is 24.5 Å². The van der Waals surface area contributed by atoms with Crippen molar-refractivity contribution in [3.8, 4) is 5.75 Å². The number of unbranched alkanes of at least 4 members (excludes halogenated alkanes) is 1. The van der Waals surface area contributed by atoms with Gasteiger partial charge in [0.2, 0.25) is 0 Å². The van der Waals surface area contributed by atoms with E-state index in [-0.39, 0.29) is 11.9 Å². The number of rotatable bonds is 10. The third-order valence-corrected chi connectivity index (χ3v) is 3.08. The van der Waals surface area contributed by atoms with Crippen molar-refractivity contribution in [2.75, 3.05) is 26.4 Å². The molecule has 114 valence electrons. The Balaban J connectivity index is 2.54. The van der Waals surface area contributed by atoms with Gasteiger partial charge in [-0.3, -0.25) is 0 Å². The van der Waals surface area contributed by atoms with Crippen LogP contribution in [-0.2, 0) is 4.74 Å². The Morgan fingerprint density at radius 2 is 2.00 bits per heavy atom. The summed E-state index contributed by atoms with van der Waals surface area (Å²) in [5.41, 5.74) is 0.586. The molecule has 0 bridgehead atoms. The molecule has 0 spiro atoms. The lowest BCUT2D eigenvalue weighted by Gasteiger charge is -2.18. The fourth-order valence-electron chi connectivity index (χ4n) is 2.03. The molecule has 1 aromatic rings.